The van der Waals surface area contributed by atoms with Crippen LogP contribution in [0.5, 0.6) is 0 Å². The van der Waals surface area contributed by atoms with Crippen LogP contribution >= 0.6 is 0 Å². The molecular weight excluding hydrogens is 306 g/mol. The van der Waals surface area contributed by atoms with Crippen LogP contribution in [0, 0.1) is 0 Å². The third kappa shape index (κ3) is 4.00. The summed E-state index contributed by atoms with van der Waals surface area (Å²) in [5, 5.41) is 11.4. The molecule has 0 saturated carbocycles. The highest BCUT2D eigenvalue weighted by atomic mass is 16.2. The van der Waals surface area contributed by atoms with Gasteiger partial charge in [0.1, 0.15) is 18.5 Å². The number of hydrogen-bond acceptors (Lipinski definition) is 5. The Morgan fingerprint density at radius 1 is 1.38 bits per heavy atom. The van der Waals surface area contributed by atoms with Crippen LogP contribution in [0.4, 0.5) is 5.82 Å². The van der Waals surface area contributed by atoms with E-state index in [-0.39, 0.29) is 11.9 Å². The number of rotatable bonds is 6. The number of hydrogen-bond donors (Lipinski definition) is 1. The molecule has 1 amide bonds. The summed E-state index contributed by atoms with van der Waals surface area (Å²) in [5.41, 5.74) is 0. The third-order valence-corrected chi connectivity index (χ3v) is 4.39. The van der Waals surface area contributed by atoms with Crippen LogP contribution in [-0.2, 0) is 11.3 Å². The molecular formula is C16H25N7O. The van der Waals surface area contributed by atoms with E-state index < -0.39 is 0 Å². The van der Waals surface area contributed by atoms with E-state index in [4.69, 9.17) is 0 Å². The van der Waals surface area contributed by atoms with E-state index in [1.54, 1.807) is 18.9 Å². The van der Waals surface area contributed by atoms with Crippen LogP contribution in [0.15, 0.2) is 24.9 Å². The summed E-state index contributed by atoms with van der Waals surface area (Å²) in [6.07, 6.45) is 8.39. The Balaban J connectivity index is 1.60. The minimum Gasteiger partial charge on any atom is -0.310 e. The van der Waals surface area contributed by atoms with Gasteiger partial charge in [0.25, 0.3) is 0 Å². The number of nitrogens with zero attached hydrogens (tertiary/aromatic N) is 6. The summed E-state index contributed by atoms with van der Waals surface area (Å²) in [4.78, 5) is 18.7. The highest BCUT2D eigenvalue weighted by Gasteiger charge is 2.25. The monoisotopic (exact) mass is 331 g/mol. The van der Waals surface area contributed by atoms with E-state index in [2.05, 4.69) is 25.4 Å². The second kappa shape index (κ2) is 7.57. The van der Waals surface area contributed by atoms with E-state index in [9.17, 15) is 4.79 Å². The van der Waals surface area contributed by atoms with Gasteiger partial charge in [0.05, 0.1) is 19.3 Å². The highest BCUT2D eigenvalue weighted by Crippen LogP contribution is 2.19. The summed E-state index contributed by atoms with van der Waals surface area (Å²) in [5.74, 6) is 0.753. The van der Waals surface area contributed by atoms with Crippen molar-refractivity contribution in [3.05, 3.63) is 24.9 Å². The summed E-state index contributed by atoms with van der Waals surface area (Å²) in [6.45, 7) is 6.19. The standard InChI is InChI=1S/C16H25N7O/c1-13(2)23-15(6-7-18-23)20-16(24)10-21-8-4-3-5-14(21)9-22-12-17-11-19-22/h6-7,11-14H,3-5,8-10H2,1-2H3,(H,20,24). The Bertz CT molecular complexity index is 649. The molecule has 3 rings (SSSR count). The molecule has 8 nitrogen and oxygen atoms in total. The van der Waals surface area contributed by atoms with Crippen molar-refractivity contribution in [1.29, 1.82) is 0 Å². The van der Waals surface area contributed by atoms with E-state index in [0.29, 0.717) is 12.6 Å². The molecule has 1 N–H and O–H groups in total. The van der Waals surface area contributed by atoms with Crippen molar-refractivity contribution in [1.82, 2.24) is 29.4 Å². The van der Waals surface area contributed by atoms with Gasteiger partial charge < -0.3 is 5.32 Å². The summed E-state index contributed by atoms with van der Waals surface area (Å²) >= 11 is 0. The van der Waals surface area contributed by atoms with Gasteiger partial charge in [-0.15, -0.1) is 0 Å². The average molecular weight is 331 g/mol. The lowest BCUT2D eigenvalue weighted by Gasteiger charge is -2.35. The molecule has 1 atom stereocenters. The number of nitrogens with one attached hydrogen (secondary N) is 1. The molecule has 3 heterocycles. The molecule has 130 valence electrons. The van der Waals surface area contributed by atoms with E-state index in [1.807, 2.05) is 29.3 Å². The maximum absolute atomic E-state index is 12.5. The zero-order valence-corrected chi connectivity index (χ0v) is 14.3. The first kappa shape index (κ1) is 16.6. The Hall–Kier alpha value is -2.22. The maximum Gasteiger partial charge on any atom is 0.239 e. The van der Waals surface area contributed by atoms with Crippen molar-refractivity contribution in [2.45, 2.75) is 51.7 Å². The Labute approximate surface area is 141 Å². The molecule has 0 spiro atoms. The second-order valence-electron chi connectivity index (χ2n) is 6.54. The maximum atomic E-state index is 12.5. The van der Waals surface area contributed by atoms with Crippen LogP contribution in [0.1, 0.15) is 39.2 Å². The van der Waals surface area contributed by atoms with Crippen LogP contribution in [-0.4, -0.2) is 54.5 Å². The number of carbonyl (C=O) groups excluding carboxylic acids is 1. The molecule has 1 aliphatic rings. The number of anilines is 1. The molecule has 1 aliphatic heterocycles. The zero-order valence-electron chi connectivity index (χ0n) is 14.3. The van der Waals surface area contributed by atoms with Gasteiger partial charge in [-0.25, -0.2) is 9.67 Å². The minimum absolute atomic E-state index is 0.00268. The number of carbonyl (C=O) groups is 1. The molecule has 0 aromatic carbocycles. The fourth-order valence-corrected chi connectivity index (χ4v) is 3.21. The molecule has 8 heteroatoms. The molecule has 1 unspecified atom stereocenters. The second-order valence-corrected chi connectivity index (χ2v) is 6.54. The molecule has 0 aliphatic carbocycles. The lowest BCUT2D eigenvalue weighted by atomic mass is 10.0. The highest BCUT2D eigenvalue weighted by molar-refractivity contribution is 5.91. The van der Waals surface area contributed by atoms with Crippen LogP contribution < -0.4 is 5.32 Å². The largest absolute Gasteiger partial charge is 0.310 e. The van der Waals surface area contributed by atoms with Crippen molar-refractivity contribution in [3.8, 4) is 0 Å². The zero-order chi connectivity index (χ0) is 16.9. The Morgan fingerprint density at radius 2 is 2.25 bits per heavy atom. The minimum atomic E-state index is 0.00268. The van der Waals surface area contributed by atoms with Gasteiger partial charge in [-0.1, -0.05) is 6.42 Å². The van der Waals surface area contributed by atoms with Gasteiger partial charge in [-0.3, -0.25) is 14.4 Å². The summed E-state index contributed by atoms with van der Waals surface area (Å²) in [6, 6.07) is 2.37. The summed E-state index contributed by atoms with van der Waals surface area (Å²) < 4.78 is 3.66. The topological polar surface area (TPSA) is 80.9 Å². The van der Waals surface area contributed by atoms with Crippen molar-refractivity contribution in [2.24, 2.45) is 0 Å². The summed E-state index contributed by atoms with van der Waals surface area (Å²) in [7, 11) is 0. The SMILES string of the molecule is CC(C)n1nccc1NC(=O)CN1CCCCC1Cn1cncn1. The number of piperidine rings is 1. The number of aromatic nitrogens is 5. The van der Waals surface area contributed by atoms with Gasteiger partial charge in [-0.05, 0) is 33.2 Å². The predicted molar refractivity (Wildman–Crippen MR) is 90.5 cm³/mol. The normalized spacial score (nSPS) is 18.9. The first-order chi connectivity index (χ1) is 11.6. The smallest absolute Gasteiger partial charge is 0.239 e. The molecule has 2 aromatic heterocycles. The first-order valence-electron chi connectivity index (χ1n) is 8.53. The van der Waals surface area contributed by atoms with Crippen molar-refractivity contribution < 1.29 is 4.79 Å². The molecule has 0 bridgehead atoms. The molecule has 1 saturated heterocycles. The Morgan fingerprint density at radius 3 is 3.00 bits per heavy atom. The van der Waals surface area contributed by atoms with E-state index >= 15 is 0 Å². The predicted octanol–water partition coefficient (Wildman–Crippen LogP) is 1.55. The third-order valence-electron chi connectivity index (χ3n) is 4.39. The molecule has 0 radical (unpaired) electrons. The van der Waals surface area contributed by atoms with Crippen LogP contribution in [0.25, 0.3) is 0 Å². The average Bonchev–Trinajstić information content (AvgIpc) is 3.21. The number of likely N-dealkylation sites (tertiary alicyclic amines) is 1. The van der Waals surface area contributed by atoms with E-state index in [0.717, 1.165) is 31.7 Å². The van der Waals surface area contributed by atoms with Gasteiger partial charge in [0.2, 0.25) is 5.91 Å². The molecule has 24 heavy (non-hydrogen) atoms. The van der Waals surface area contributed by atoms with E-state index in [1.165, 1.54) is 6.42 Å². The lowest BCUT2D eigenvalue weighted by Crippen LogP contribution is -2.46. The van der Waals surface area contributed by atoms with Gasteiger partial charge in [0, 0.05) is 18.2 Å². The fourth-order valence-electron chi connectivity index (χ4n) is 3.21. The van der Waals surface area contributed by atoms with Crippen LogP contribution in [0.3, 0.4) is 0 Å². The van der Waals surface area contributed by atoms with Gasteiger partial charge >= 0.3 is 0 Å². The van der Waals surface area contributed by atoms with Gasteiger partial charge in [0.15, 0.2) is 0 Å². The Kier molecular flexibility index (Phi) is 5.24. The quantitative estimate of drug-likeness (QED) is 0.868. The molecule has 1 fully saturated rings. The van der Waals surface area contributed by atoms with Crippen molar-refractivity contribution >= 4 is 11.7 Å². The van der Waals surface area contributed by atoms with Crippen molar-refractivity contribution in [3.63, 3.8) is 0 Å². The number of amides is 1. The first-order valence-corrected chi connectivity index (χ1v) is 8.53. The van der Waals surface area contributed by atoms with Gasteiger partial charge in [-0.2, -0.15) is 10.2 Å². The molecule has 2 aromatic rings. The van der Waals surface area contributed by atoms with Crippen molar-refractivity contribution in [2.75, 3.05) is 18.4 Å². The lowest BCUT2D eigenvalue weighted by molar-refractivity contribution is -0.118. The fraction of sp³-hybridized carbons (Fsp3) is 0.625. The van der Waals surface area contributed by atoms with Crippen LogP contribution in [0.2, 0.25) is 0 Å².